The Hall–Kier alpha value is -3.32. The number of urea groups is 1. The van der Waals surface area contributed by atoms with Gasteiger partial charge in [-0.2, -0.15) is 0 Å². The van der Waals surface area contributed by atoms with Crippen LogP contribution >= 0.6 is 11.6 Å². The topological polar surface area (TPSA) is 72.5 Å². The van der Waals surface area contributed by atoms with E-state index in [9.17, 15) is 9.18 Å². The summed E-state index contributed by atoms with van der Waals surface area (Å²) in [5.41, 5.74) is 1.85. The fraction of sp³-hybridized carbons (Fsp3) is 0.143. The summed E-state index contributed by atoms with van der Waals surface area (Å²) in [5.74, 6) is 0.525. The lowest BCUT2D eigenvalue weighted by Gasteiger charge is -2.13. The Morgan fingerprint density at radius 1 is 1.14 bits per heavy atom. The molecule has 3 aromatic rings. The number of hydrogen-bond acceptors (Lipinski definition) is 4. The third-order valence-electron chi connectivity index (χ3n) is 4.06. The Bertz CT molecular complexity index is 1020. The highest BCUT2D eigenvalue weighted by Crippen LogP contribution is 2.31. The number of aryl methyl sites for hydroxylation is 1. The molecule has 0 radical (unpaired) electrons. The maximum absolute atomic E-state index is 14.3. The van der Waals surface area contributed by atoms with Gasteiger partial charge in [-0.3, -0.25) is 4.98 Å². The van der Waals surface area contributed by atoms with Gasteiger partial charge in [0.1, 0.15) is 11.5 Å². The molecule has 0 unspecified atom stereocenters. The van der Waals surface area contributed by atoms with Crippen molar-refractivity contribution >= 4 is 23.3 Å². The Morgan fingerprint density at radius 3 is 2.59 bits per heavy atom. The van der Waals surface area contributed by atoms with Gasteiger partial charge < -0.3 is 20.1 Å². The number of ether oxygens (including phenoxy) is 2. The van der Waals surface area contributed by atoms with Crippen LogP contribution in [0.25, 0.3) is 0 Å². The number of amides is 2. The summed E-state index contributed by atoms with van der Waals surface area (Å²) in [6.45, 7) is 1.96. The monoisotopic (exact) mass is 415 g/mol. The number of halogens is 2. The third kappa shape index (κ3) is 5.36. The minimum atomic E-state index is -0.534. The van der Waals surface area contributed by atoms with Crippen molar-refractivity contribution in [1.82, 2.24) is 10.3 Å². The van der Waals surface area contributed by atoms with E-state index in [0.717, 1.165) is 5.56 Å². The van der Waals surface area contributed by atoms with Crippen LogP contribution in [0.4, 0.5) is 14.9 Å². The first-order valence-corrected chi connectivity index (χ1v) is 9.09. The summed E-state index contributed by atoms with van der Waals surface area (Å²) < 4.78 is 25.0. The molecular weight excluding hydrogens is 397 g/mol. The quantitative estimate of drug-likeness (QED) is 0.572. The van der Waals surface area contributed by atoms with Crippen LogP contribution in [0.3, 0.4) is 0 Å². The van der Waals surface area contributed by atoms with Gasteiger partial charge in [0.05, 0.1) is 12.8 Å². The fourth-order valence-electron chi connectivity index (χ4n) is 2.54. The van der Waals surface area contributed by atoms with E-state index in [-0.39, 0.29) is 12.3 Å². The van der Waals surface area contributed by atoms with E-state index in [1.807, 2.05) is 6.92 Å². The largest absolute Gasteiger partial charge is 0.495 e. The van der Waals surface area contributed by atoms with E-state index < -0.39 is 11.8 Å². The van der Waals surface area contributed by atoms with Crippen LogP contribution in [-0.2, 0) is 6.54 Å². The number of pyridine rings is 1. The Balaban J connectivity index is 1.61. The predicted molar refractivity (Wildman–Crippen MR) is 109 cm³/mol. The highest BCUT2D eigenvalue weighted by atomic mass is 35.5. The van der Waals surface area contributed by atoms with Crippen molar-refractivity contribution in [2.75, 3.05) is 12.4 Å². The molecule has 150 valence electrons. The van der Waals surface area contributed by atoms with Gasteiger partial charge in [0.2, 0.25) is 0 Å². The van der Waals surface area contributed by atoms with Gasteiger partial charge in [0, 0.05) is 24.0 Å². The van der Waals surface area contributed by atoms with Crippen LogP contribution in [0.1, 0.15) is 11.1 Å². The van der Waals surface area contributed by atoms with Crippen LogP contribution < -0.4 is 20.1 Å². The number of carbonyl (C=O) groups excluding carboxylic acids is 1. The molecule has 29 heavy (non-hydrogen) atoms. The van der Waals surface area contributed by atoms with E-state index in [4.69, 9.17) is 21.1 Å². The minimum Gasteiger partial charge on any atom is -0.495 e. The number of benzene rings is 2. The molecule has 0 aliphatic rings. The number of methoxy groups -OCH3 is 1. The first-order valence-electron chi connectivity index (χ1n) is 8.71. The third-order valence-corrected chi connectivity index (χ3v) is 4.46. The van der Waals surface area contributed by atoms with Crippen molar-refractivity contribution in [3.05, 3.63) is 76.8 Å². The molecule has 2 N–H and O–H groups in total. The second-order valence-corrected chi connectivity index (χ2v) is 6.57. The Morgan fingerprint density at radius 2 is 1.90 bits per heavy atom. The number of hydrogen-bond donors (Lipinski definition) is 2. The molecule has 3 rings (SSSR count). The van der Waals surface area contributed by atoms with Crippen molar-refractivity contribution in [3.63, 3.8) is 0 Å². The number of nitrogens with one attached hydrogen (secondary N) is 2. The van der Waals surface area contributed by atoms with Gasteiger partial charge in [-0.05, 0) is 54.4 Å². The van der Waals surface area contributed by atoms with E-state index in [1.165, 1.54) is 19.2 Å². The molecule has 1 heterocycles. The van der Waals surface area contributed by atoms with Crippen LogP contribution in [0.2, 0.25) is 5.02 Å². The lowest BCUT2D eigenvalue weighted by molar-refractivity contribution is 0.251. The first-order chi connectivity index (χ1) is 14.0. The number of aromatic nitrogens is 1. The molecule has 0 aliphatic heterocycles. The Kier molecular flexibility index (Phi) is 6.51. The van der Waals surface area contributed by atoms with Crippen molar-refractivity contribution in [1.29, 1.82) is 0 Å². The fourth-order valence-corrected chi connectivity index (χ4v) is 2.70. The summed E-state index contributed by atoms with van der Waals surface area (Å²) in [6.07, 6.45) is 3.11. The average Bonchev–Trinajstić information content (AvgIpc) is 2.71. The maximum Gasteiger partial charge on any atom is 0.319 e. The highest BCUT2D eigenvalue weighted by molar-refractivity contribution is 6.31. The summed E-state index contributed by atoms with van der Waals surface area (Å²) in [5, 5.41) is 5.85. The van der Waals surface area contributed by atoms with E-state index in [2.05, 4.69) is 15.6 Å². The summed E-state index contributed by atoms with van der Waals surface area (Å²) in [7, 11) is 1.50. The molecule has 0 bridgehead atoms. The molecule has 0 fully saturated rings. The second-order valence-electron chi connectivity index (χ2n) is 6.16. The first kappa shape index (κ1) is 20.4. The molecule has 0 atom stereocenters. The van der Waals surface area contributed by atoms with Crippen molar-refractivity contribution < 1.29 is 18.7 Å². The number of carbonyl (C=O) groups is 1. The molecular formula is C21H19ClFN3O3. The summed E-state index contributed by atoms with van der Waals surface area (Å²) >= 11 is 6.11. The summed E-state index contributed by atoms with van der Waals surface area (Å²) in [4.78, 5) is 16.1. The van der Waals surface area contributed by atoms with Gasteiger partial charge in [0.15, 0.2) is 11.6 Å². The van der Waals surface area contributed by atoms with Crippen LogP contribution in [0.5, 0.6) is 17.2 Å². The molecule has 8 heteroatoms. The molecule has 2 aromatic carbocycles. The van der Waals surface area contributed by atoms with E-state index in [0.29, 0.717) is 27.8 Å². The predicted octanol–water partition coefficient (Wildman–Crippen LogP) is 5.31. The molecule has 1 aromatic heterocycles. The zero-order valence-electron chi connectivity index (χ0n) is 15.8. The number of nitrogens with zero attached hydrogens (tertiary/aromatic N) is 1. The van der Waals surface area contributed by atoms with Crippen LogP contribution in [0, 0.1) is 12.7 Å². The van der Waals surface area contributed by atoms with Gasteiger partial charge in [-0.15, -0.1) is 0 Å². The zero-order chi connectivity index (χ0) is 20.8. The smallest absolute Gasteiger partial charge is 0.319 e. The Labute approximate surface area is 172 Å². The molecule has 2 amide bonds. The molecule has 0 aliphatic carbocycles. The van der Waals surface area contributed by atoms with Crippen molar-refractivity contribution in [2.45, 2.75) is 13.5 Å². The van der Waals surface area contributed by atoms with Crippen LogP contribution in [-0.4, -0.2) is 18.1 Å². The van der Waals surface area contributed by atoms with E-state index >= 15 is 0 Å². The van der Waals surface area contributed by atoms with Crippen molar-refractivity contribution in [2.24, 2.45) is 0 Å². The van der Waals surface area contributed by atoms with Gasteiger partial charge in [-0.1, -0.05) is 17.7 Å². The lowest BCUT2D eigenvalue weighted by Crippen LogP contribution is -2.28. The maximum atomic E-state index is 14.3. The second kappa shape index (κ2) is 9.25. The molecule has 0 spiro atoms. The lowest BCUT2D eigenvalue weighted by atomic mass is 10.2. The van der Waals surface area contributed by atoms with Gasteiger partial charge in [0.25, 0.3) is 0 Å². The molecule has 0 saturated carbocycles. The summed E-state index contributed by atoms with van der Waals surface area (Å²) in [6, 6.07) is 10.6. The molecule has 0 saturated heterocycles. The molecule has 6 nitrogen and oxygen atoms in total. The van der Waals surface area contributed by atoms with E-state index in [1.54, 1.807) is 42.7 Å². The van der Waals surface area contributed by atoms with Crippen molar-refractivity contribution in [3.8, 4) is 17.2 Å². The SMILES string of the molecule is COc1cc(C)c(Cl)cc1NC(=O)NCc1ccc(Oc2ccncc2)c(F)c1. The normalized spacial score (nSPS) is 10.3. The van der Waals surface area contributed by atoms with Gasteiger partial charge in [-0.25, -0.2) is 9.18 Å². The van der Waals surface area contributed by atoms with Gasteiger partial charge >= 0.3 is 6.03 Å². The standard InChI is InChI=1S/C21H19ClFN3O3/c1-13-9-20(28-2)18(11-16(13)22)26-21(27)25-12-14-3-4-19(17(23)10-14)29-15-5-7-24-8-6-15/h3-11H,12H2,1-2H3,(H2,25,26,27). The zero-order valence-corrected chi connectivity index (χ0v) is 16.6. The number of anilines is 1. The highest BCUT2D eigenvalue weighted by Gasteiger charge is 2.11. The average molecular weight is 416 g/mol. The van der Waals surface area contributed by atoms with Crippen LogP contribution in [0.15, 0.2) is 54.9 Å². The number of rotatable bonds is 6. The minimum absolute atomic E-state index is 0.0865.